The minimum atomic E-state index is -1.27. The molecule has 0 aliphatic carbocycles. The number of halogens is 1. The monoisotopic (exact) mass is 278 g/mol. The Bertz CT molecular complexity index is 622. The highest BCUT2D eigenvalue weighted by atomic mass is 19.1. The number of carboxylic acids is 1. The molecule has 2 N–H and O–H groups in total. The summed E-state index contributed by atoms with van der Waals surface area (Å²) >= 11 is 0. The van der Waals surface area contributed by atoms with Crippen LogP contribution in [0.5, 0.6) is 0 Å². The number of hydrogen-bond donors (Lipinski definition) is 2. The standard InChI is InChI=1S/C15H19FN2O2/c1-3-5-6-9(4-2)14-17-12-7-10(15(19)20)11(16)8-13(12)18-14/h7-9H,3-6H2,1-2H3,(H,17,18)(H,19,20). The lowest BCUT2D eigenvalue weighted by molar-refractivity contribution is 0.0692. The molecule has 0 amide bonds. The second kappa shape index (κ2) is 6.03. The van der Waals surface area contributed by atoms with Gasteiger partial charge in [0.25, 0.3) is 0 Å². The Labute approximate surface area is 117 Å². The minimum Gasteiger partial charge on any atom is -0.478 e. The molecule has 1 aromatic heterocycles. The van der Waals surface area contributed by atoms with Crippen LogP contribution in [-0.4, -0.2) is 21.0 Å². The molecule has 0 saturated carbocycles. The molecular formula is C15H19FN2O2. The van der Waals surface area contributed by atoms with Gasteiger partial charge in [0, 0.05) is 12.0 Å². The van der Waals surface area contributed by atoms with Crippen LogP contribution in [0.1, 0.15) is 61.6 Å². The number of nitrogens with one attached hydrogen (secondary N) is 1. The Morgan fingerprint density at radius 3 is 2.80 bits per heavy atom. The maximum atomic E-state index is 13.6. The lowest BCUT2D eigenvalue weighted by Crippen LogP contribution is -2.00. The normalized spacial score (nSPS) is 12.8. The van der Waals surface area contributed by atoms with Crippen molar-refractivity contribution >= 4 is 17.0 Å². The molecule has 5 heteroatoms. The van der Waals surface area contributed by atoms with Gasteiger partial charge in [-0.3, -0.25) is 0 Å². The summed E-state index contributed by atoms with van der Waals surface area (Å²) in [5, 5.41) is 8.93. The van der Waals surface area contributed by atoms with E-state index in [-0.39, 0.29) is 5.56 Å². The van der Waals surface area contributed by atoms with Crippen molar-refractivity contribution in [2.45, 2.75) is 45.4 Å². The van der Waals surface area contributed by atoms with Crippen LogP contribution >= 0.6 is 0 Å². The summed E-state index contributed by atoms with van der Waals surface area (Å²) in [6.45, 7) is 4.23. The van der Waals surface area contributed by atoms with E-state index >= 15 is 0 Å². The van der Waals surface area contributed by atoms with Crippen molar-refractivity contribution in [1.82, 2.24) is 9.97 Å². The van der Waals surface area contributed by atoms with Gasteiger partial charge < -0.3 is 10.1 Å². The van der Waals surface area contributed by atoms with E-state index in [1.165, 1.54) is 12.1 Å². The highest BCUT2D eigenvalue weighted by Gasteiger charge is 2.17. The van der Waals surface area contributed by atoms with E-state index < -0.39 is 11.8 Å². The molecule has 2 aromatic rings. The first kappa shape index (κ1) is 14.5. The van der Waals surface area contributed by atoms with Gasteiger partial charge in [-0.15, -0.1) is 0 Å². The quantitative estimate of drug-likeness (QED) is 0.836. The second-order valence-corrected chi connectivity index (χ2v) is 5.02. The average molecular weight is 278 g/mol. The van der Waals surface area contributed by atoms with Gasteiger partial charge in [-0.05, 0) is 18.9 Å². The predicted octanol–water partition coefficient (Wildman–Crippen LogP) is 4.08. The van der Waals surface area contributed by atoms with Gasteiger partial charge in [-0.1, -0.05) is 26.7 Å². The van der Waals surface area contributed by atoms with Gasteiger partial charge in [0.2, 0.25) is 0 Å². The van der Waals surface area contributed by atoms with Crippen molar-refractivity contribution in [3.63, 3.8) is 0 Å². The molecule has 1 aromatic carbocycles. The highest BCUT2D eigenvalue weighted by Crippen LogP contribution is 2.26. The van der Waals surface area contributed by atoms with Gasteiger partial charge in [0.15, 0.2) is 0 Å². The maximum absolute atomic E-state index is 13.6. The minimum absolute atomic E-state index is 0.304. The molecule has 0 radical (unpaired) electrons. The Kier molecular flexibility index (Phi) is 4.37. The molecule has 0 saturated heterocycles. The zero-order valence-electron chi connectivity index (χ0n) is 11.7. The maximum Gasteiger partial charge on any atom is 0.338 e. The van der Waals surface area contributed by atoms with E-state index in [2.05, 4.69) is 23.8 Å². The summed E-state index contributed by atoms with van der Waals surface area (Å²) in [5.74, 6) is -0.884. The lowest BCUT2D eigenvalue weighted by atomic mass is 9.99. The van der Waals surface area contributed by atoms with Crippen LogP contribution < -0.4 is 0 Å². The van der Waals surface area contributed by atoms with Crippen molar-refractivity contribution in [3.8, 4) is 0 Å². The molecule has 1 unspecified atom stereocenters. The Balaban J connectivity index is 2.39. The summed E-state index contributed by atoms with van der Waals surface area (Å²) in [7, 11) is 0. The number of fused-ring (bicyclic) bond motifs is 1. The van der Waals surface area contributed by atoms with E-state index in [9.17, 15) is 9.18 Å². The van der Waals surface area contributed by atoms with Crippen LogP contribution in [0.25, 0.3) is 11.0 Å². The summed E-state index contributed by atoms with van der Waals surface area (Å²) in [5.41, 5.74) is 0.725. The van der Waals surface area contributed by atoms with Crippen molar-refractivity contribution < 1.29 is 14.3 Å². The van der Waals surface area contributed by atoms with Gasteiger partial charge in [0.1, 0.15) is 11.6 Å². The fourth-order valence-corrected chi connectivity index (χ4v) is 2.39. The van der Waals surface area contributed by atoms with Gasteiger partial charge in [-0.2, -0.15) is 0 Å². The highest BCUT2D eigenvalue weighted by molar-refractivity contribution is 5.92. The van der Waals surface area contributed by atoms with E-state index in [1.807, 2.05) is 0 Å². The van der Waals surface area contributed by atoms with Gasteiger partial charge in [0.05, 0.1) is 16.6 Å². The Hall–Kier alpha value is -1.91. The van der Waals surface area contributed by atoms with Crippen molar-refractivity contribution in [1.29, 1.82) is 0 Å². The van der Waals surface area contributed by atoms with Crippen LogP contribution in [0, 0.1) is 5.82 Å². The summed E-state index contributed by atoms with van der Waals surface area (Å²) < 4.78 is 13.6. The van der Waals surface area contributed by atoms with Crippen LogP contribution in [0.3, 0.4) is 0 Å². The Morgan fingerprint density at radius 2 is 2.20 bits per heavy atom. The first-order valence-electron chi connectivity index (χ1n) is 6.99. The third kappa shape index (κ3) is 2.81. The third-order valence-electron chi connectivity index (χ3n) is 3.61. The lowest BCUT2D eigenvalue weighted by Gasteiger charge is -2.10. The topological polar surface area (TPSA) is 66.0 Å². The summed E-state index contributed by atoms with van der Waals surface area (Å²) in [6.07, 6.45) is 4.22. The number of aromatic carboxylic acids is 1. The van der Waals surface area contributed by atoms with Crippen LogP contribution in [0.4, 0.5) is 4.39 Å². The molecule has 0 fully saturated rings. The number of aromatic amines is 1. The number of carbonyl (C=O) groups is 1. The van der Waals surface area contributed by atoms with Crippen LogP contribution in [-0.2, 0) is 0 Å². The van der Waals surface area contributed by atoms with Gasteiger partial charge >= 0.3 is 5.97 Å². The Morgan fingerprint density at radius 1 is 1.45 bits per heavy atom. The molecule has 1 heterocycles. The molecule has 0 aliphatic heterocycles. The predicted molar refractivity (Wildman–Crippen MR) is 75.6 cm³/mol. The molecule has 20 heavy (non-hydrogen) atoms. The van der Waals surface area contributed by atoms with E-state index in [0.717, 1.165) is 31.5 Å². The SMILES string of the molecule is CCCCC(CC)c1nc2cc(C(=O)O)c(F)cc2[nH]1. The van der Waals surface area contributed by atoms with E-state index in [0.29, 0.717) is 17.0 Å². The molecular weight excluding hydrogens is 259 g/mol. The molecule has 1 atom stereocenters. The van der Waals surface area contributed by atoms with Crippen molar-refractivity contribution in [3.05, 3.63) is 29.3 Å². The molecule has 2 rings (SSSR count). The molecule has 108 valence electrons. The number of benzene rings is 1. The first-order chi connectivity index (χ1) is 9.56. The van der Waals surface area contributed by atoms with E-state index in [1.54, 1.807) is 0 Å². The zero-order valence-corrected chi connectivity index (χ0v) is 11.7. The number of imidazole rings is 1. The van der Waals surface area contributed by atoms with Crippen molar-refractivity contribution in [2.24, 2.45) is 0 Å². The molecule has 0 aliphatic rings. The number of hydrogen-bond acceptors (Lipinski definition) is 2. The average Bonchev–Trinajstić information content (AvgIpc) is 2.81. The van der Waals surface area contributed by atoms with Crippen LogP contribution in [0.15, 0.2) is 12.1 Å². The zero-order chi connectivity index (χ0) is 14.7. The first-order valence-corrected chi connectivity index (χ1v) is 6.99. The second-order valence-electron chi connectivity index (χ2n) is 5.02. The summed E-state index contributed by atoms with van der Waals surface area (Å²) in [6, 6.07) is 2.50. The number of nitrogens with zero attached hydrogens (tertiary/aromatic N) is 1. The largest absolute Gasteiger partial charge is 0.478 e. The van der Waals surface area contributed by atoms with Gasteiger partial charge in [-0.25, -0.2) is 14.2 Å². The fraction of sp³-hybridized carbons (Fsp3) is 0.467. The molecule has 4 nitrogen and oxygen atoms in total. The number of H-pyrrole nitrogens is 1. The number of rotatable bonds is 6. The molecule has 0 bridgehead atoms. The molecule has 0 spiro atoms. The summed E-state index contributed by atoms with van der Waals surface area (Å²) in [4.78, 5) is 18.5. The van der Waals surface area contributed by atoms with Crippen LogP contribution in [0.2, 0.25) is 0 Å². The third-order valence-corrected chi connectivity index (χ3v) is 3.61. The smallest absolute Gasteiger partial charge is 0.338 e. The fourth-order valence-electron chi connectivity index (χ4n) is 2.39. The van der Waals surface area contributed by atoms with Crippen molar-refractivity contribution in [2.75, 3.05) is 0 Å². The van der Waals surface area contributed by atoms with E-state index in [4.69, 9.17) is 5.11 Å². The number of unbranched alkanes of at least 4 members (excludes halogenated alkanes) is 1. The number of aromatic nitrogens is 2. The number of carboxylic acid groups (broad SMARTS) is 1.